The number of benzene rings is 1. The summed E-state index contributed by atoms with van der Waals surface area (Å²) in [5, 5.41) is 11.0. The van der Waals surface area contributed by atoms with Crippen molar-refractivity contribution in [3.05, 3.63) is 53.8 Å². The summed E-state index contributed by atoms with van der Waals surface area (Å²) < 4.78 is 5.64. The molecule has 0 fully saturated rings. The molecule has 15 heavy (non-hydrogen) atoms. The molecule has 0 amide bonds. The van der Waals surface area contributed by atoms with E-state index in [0.29, 0.717) is 5.76 Å². The third-order valence-corrected chi connectivity index (χ3v) is 3.93. The second-order valence-electron chi connectivity index (χ2n) is 3.72. The third kappa shape index (κ3) is 1.41. The Balaban J connectivity index is 2.02. The molecule has 2 nitrogen and oxygen atoms in total. The highest BCUT2D eigenvalue weighted by Crippen LogP contribution is 2.48. The lowest BCUT2D eigenvalue weighted by molar-refractivity contribution is 0.183. The Morgan fingerprint density at radius 2 is 1.93 bits per heavy atom. The van der Waals surface area contributed by atoms with Crippen LogP contribution in [0.2, 0.25) is 0 Å². The van der Waals surface area contributed by atoms with E-state index in [4.69, 9.17) is 4.52 Å². The summed E-state index contributed by atoms with van der Waals surface area (Å²) in [4.78, 5) is 0. The van der Waals surface area contributed by atoms with Crippen LogP contribution in [0.1, 0.15) is 5.56 Å². The molecular formula is C12H11O2P. The number of hydrogen-bond acceptors (Lipinski definition) is 2. The number of rotatable bonds is 1. The zero-order valence-electron chi connectivity index (χ0n) is 8.05. The fraction of sp³-hybridized carbons (Fsp3) is 0.167. The smallest absolute Gasteiger partial charge is 0.112 e. The van der Waals surface area contributed by atoms with Gasteiger partial charge in [-0.15, -0.1) is 0 Å². The van der Waals surface area contributed by atoms with Gasteiger partial charge in [0, 0.05) is 5.31 Å². The molecule has 3 rings (SSSR count). The maximum atomic E-state index is 10.1. The lowest BCUT2D eigenvalue weighted by atomic mass is 9.89. The van der Waals surface area contributed by atoms with Crippen molar-refractivity contribution in [1.82, 2.24) is 0 Å². The van der Waals surface area contributed by atoms with Crippen molar-refractivity contribution < 1.29 is 9.63 Å². The second-order valence-corrected chi connectivity index (χ2v) is 4.66. The minimum atomic E-state index is 0.0847. The highest BCUT2D eigenvalue weighted by molar-refractivity contribution is 7.45. The summed E-state index contributed by atoms with van der Waals surface area (Å²) >= 11 is 0. The van der Waals surface area contributed by atoms with E-state index < -0.39 is 0 Å². The van der Waals surface area contributed by atoms with Gasteiger partial charge in [-0.3, -0.25) is 0 Å². The molecule has 0 radical (unpaired) electrons. The van der Waals surface area contributed by atoms with Gasteiger partial charge >= 0.3 is 0 Å². The number of aliphatic hydroxyl groups excluding tert-OH is 1. The molecular weight excluding hydrogens is 207 g/mol. The first kappa shape index (κ1) is 9.14. The van der Waals surface area contributed by atoms with E-state index >= 15 is 0 Å². The van der Waals surface area contributed by atoms with Crippen LogP contribution in [0.4, 0.5) is 0 Å². The van der Waals surface area contributed by atoms with Crippen LogP contribution in [0.25, 0.3) is 5.31 Å². The Bertz CT molecular complexity index is 436. The summed E-state index contributed by atoms with van der Waals surface area (Å²) in [6.07, 6.45) is 4.10. The molecule has 0 saturated heterocycles. The summed E-state index contributed by atoms with van der Waals surface area (Å²) in [6.45, 7) is 0. The van der Waals surface area contributed by atoms with Crippen LogP contribution in [0.5, 0.6) is 0 Å². The quantitative estimate of drug-likeness (QED) is 0.579. The van der Waals surface area contributed by atoms with Gasteiger partial charge in [0.2, 0.25) is 0 Å². The third-order valence-electron chi connectivity index (χ3n) is 2.79. The SMILES string of the molecule is OC1=C(c2ccccc2)POC2C=CC12. The van der Waals surface area contributed by atoms with Gasteiger partial charge in [0.15, 0.2) is 0 Å². The van der Waals surface area contributed by atoms with Crippen molar-refractivity contribution in [2.45, 2.75) is 6.10 Å². The average molecular weight is 218 g/mol. The van der Waals surface area contributed by atoms with E-state index in [1.54, 1.807) is 0 Å². The molecule has 1 N–H and O–H groups in total. The molecule has 3 unspecified atom stereocenters. The largest absolute Gasteiger partial charge is 0.511 e. The molecule has 76 valence electrons. The highest BCUT2D eigenvalue weighted by Gasteiger charge is 2.35. The fourth-order valence-electron chi connectivity index (χ4n) is 1.83. The molecule has 0 bridgehead atoms. The monoisotopic (exact) mass is 218 g/mol. The Kier molecular flexibility index (Phi) is 2.12. The normalized spacial score (nSPS) is 30.1. The molecule has 3 atom stereocenters. The van der Waals surface area contributed by atoms with E-state index in [1.807, 2.05) is 42.5 Å². The van der Waals surface area contributed by atoms with Gasteiger partial charge in [0.1, 0.15) is 5.76 Å². The number of hydrogen-bond donors (Lipinski definition) is 1. The van der Waals surface area contributed by atoms with Gasteiger partial charge in [-0.05, 0) is 5.56 Å². The van der Waals surface area contributed by atoms with Crippen molar-refractivity contribution in [3.8, 4) is 0 Å². The lowest BCUT2D eigenvalue weighted by Crippen LogP contribution is -2.30. The first-order valence-electron chi connectivity index (χ1n) is 4.95. The zero-order valence-corrected chi connectivity index (χ0v) is 9.05. The number of aliphatic hydroxyl groups is 1. The van der Waals surface area contributed by atoms with Gasteiger partial charge in [-0.25, -0.2) is 0 Å². The predicted octanol–water partition coefficient (Wildman–Crippen LogP) is 3.09. The summed E-state index contributed by atoms with van der Waals surface area (Å²) in [6, 6.07) is 9.93. The molecule has 0 spiro atoms. The van der Waals surface area contributed by atoms with Crippen molar-refractivity contribution in [3.63, 3.8) is 0 Å². The highest BCUT2D eigenvalue weighted by atomic mass is 31.1. The molecule has 1 aliphatic heterocycles. The van der Waals surface area contributed by atoms with Gasteiger partial charge in [-0.1, -0.05) is 42.5 Å². The molecule has 3 heteroatoms. The van der Waals surface area contributed by atoms with E-state index in [-0.39, 0.29) is 20.8 Å². The standard InChI is InChI=1S/C12H11O2P/c13-11-9-6-7-10(9)14-15-12(11)8-4-2-1-3-5-8/h1-7,9-10,13,15H. The van der Waals surface area contributed by atoms with E-state index in [9.17, 15) is 5.11 Å². The first-order chi connectivity index (χ1) is 7.36. The topological polar surface area (TPSA) is 29.5 Å². The molecule has 2 aliphatic rings. The van der Waals surface area contributed by atoms with Crippen LogP contribution in [-0.2, 0) is 4.52 Å². The Morgan fingerprint density at radius 3 is 2.60 bits per heavy atom. The lowest BCUT2D eigenvalue weighted by Gasteiger charge is -2.34. The molecule has 1 aromatic rings. The Hall–Kier alpha value is -1.11. The first-order valence-corrected chi connectivity index (χ1v) is 5.85. The van der Waals surface area contributed by atoms with Crippen LogP contribution >= 0.6 is 8.81 Å². The van der Waals surface area contributed by atoms with Crippen LogP contribution < -0.4 is 0 Å². The van der Waals surface area contributed by atoms with E-state index in [0.717, 1.165) is 10.9 Å². The van der Waals surface area contributed by atoms with E-state index in [2.05, 4.69) is 0 Å². The molecule has 0 aromatic heterocycles. The second kappa shape index (κ2) is 3.48. The maximum Gasteiger partial charge on any atom is 0.112 e. The van der Waals surface area contributed by atoms with Gasteiger partial charge in [0.05, 0.1) is 20.8 Å². The van der Waals surface area contributed by atoms with Crippen LogP contribution in [0, 0.1) is 5.92 Å². The minimum Gasteiger partial charge on any atom is -0.511 e. The van der Waals surface area contributed by atoms with Gasteiger partial charge in [-0.2, -0.15) is 0 Å². The van der Waals surface area contributed by atoms with Gasteiger partial charge in [0.25, 0.3) is 0 Å². The van der Waals surface area contributed by atoms with Crippen molar-refractivity contribution in [1.29, 1.82) is 0 Å². The number of fused-ring (bicyclic) bond motifs is 1. The van der Waals surface area contributed by atoms with Crippen LogP contribution in [0.3, 0.4) is 0 Å². The van der Waals surface area contributed by atoms with Crippen molar-refractivity contribution >= 4 is 14.1 Å². The van der Waals surface area contributed by atoms with Crippen LogP contribution in [-0.4, -0.2) is 11.2 Å². The average Bonchev–Trinajstić information content (AvgIpc) is 2.22. The Labute approximate surface area is 90.1 Å². The summed E-state index contributed by atoms with van der Waals surface area (Å²) in [7, 11) is 0.246. The van der Waals surface area contributed by atoms with Gasteiger partial charge < -0.3 is 9.63 Å². The van der Waals surface area contributed by atoms with E-state index in [1.165, 1.54) is 0 Å². The van der Waals surface area contributed by atoms with Crippen molar-refractivity contribution in [2.75, 3.05) is 0 Å². The van der Waals surface area contributed by atoms with Crippen LogP contribution in [0.15, 0.2) is 48.2 Å². The van der Waals surface area contributed by atoms with Crippen molar-refractivity contribution in [2.24, 2.45) is 5.92 Å². The predicted molar refractivity (Wildman–Crippen MR) is 61.8 cm³/mol. The molecule has 1 heterocycles. The zero-order chi connectivity index (χ0) is 10.3. The Morgan fingerprint density at radius 1 is 1.13 bits per heavy atom. The molecule has 0 saturated carbocycles. The summed E-state index contributed by atoms with van der Waals surface area (Å²) in [5.41, 5.74) is 1.06. The minimum absolute atomic E-state index is 0.0847. The fourth-order valence-corrected chi connectivity index (χ4v) is 2.86. The maximum absolute atomic E-state index is 10.1. The summed E-state index contributed by atoms with van der Waals surface area (Å²) in [5.74, 6) is 0.569. The molecule has 1 aliphatic carbocycles. The molecule has 1 aromatic carbocycles.